The molecule has 0 N–H and O–H groups in total. The topological polar surface area (TPSA) is 81.2 Å². The monoisotopic (exact) mass is 1020 g/mol. The molecule has 66 heavy (non-hydrogen) atoms. The summed E-state index contributed by atoms with van der Waals surface area (Å²) in [7, 11) is 1.39. The van der Waals surface area contributed by atoms with Crippen molar-refractivity contribution in [2.75, 3.05) is 38.2 Å². The van der Waals surface area contributed by atoms with Gasteiger partial charge in [-0.1, -0.05) is 48.2 Å². The van der Waals surface area contributed by atoms with Crippen molar-refractivity contribution in [3.05, 3.63) is 161 Å². The number of carbonyl (C=O) groups is 2. The predicted octanol–water partition coefficient (Wildman–Crippen LogP) is 9.01. The second kappa shape index (κ2) is 19.3. The molecule has 334 valence electrons. The SMILES string of the molecule is C#Cc1cc2c(-c3ccccc3C(=O)OC)c3cc(Br)c(=[N+](CC)CC)cc-3oc2cc1C.C#Cc1cc2c(cc1C)Oc1cc(N(CC)CC)c(Br)cc1C21OC(=O)c2ccccc21.[Cl-]. The second-order valence-electron chi connectivity index (χ2n) is 15.8. The predicted molar refractivity (Wildman–Crippen MR) is 265 cm³/mol. The third-order valence-electron chi connectivity index (χ3n) is 12.4. The first-order chi connectivity index (χ1) is 31.4. The number of fused-ring (bicyclic) bond motifs is 8. The minimum atomic E-state index is -1.12. The number of methoxy groups -OCH3 is 1. The number of nitrogens with zero attached hydrogens (tertiary/aromatic N) is 2. The van der Waals surface area contributed by atoms with Crippen molar-refractivity contribution in [2.45, 2.75) is 47.1 Å². The second-order valence-corrected chi connectivity index (χ2v) is 17.5. The van der Waals surface area contributed by atoms with Crippen LogP contribution >= 0.6 is 31.9 Å². The fraction of sp³-hybridized carbons (Fsp3) is 0.218. The molecule has 0 saturated heterocycles. The Labute approximate surface area is 408 Å². The average molecular weight is 1030 g/mol. The first-order valence-electron chi connectivity index (χ1n) is 21.5. The molecule has 0 aromatic heterocycles. The van der Waals surface area contributed by atoms with E-state index in [-0.39, 0.29) is 18.4 Å². The number of carbonyl (C=O) groups excluding carboxylic acids is 2. The lowest BCUT2D eigenvalue weighted by atomic mass is 9.76. The maximum absolute atomic E-state index is 13.0. The van der Waals surface area contributed by atoms with Gasteiger partial charge in [0.2, 0.25) is 5.36 Å². The van der Waals surface area contributed by atoms with Gasteiger partial charge in [-0.2, -0.15) is 0 Å². The van der Waals surface area contributed by atoms with Crippen LogP contribution < -0.4 is 32.0 Å². The maximum atomic E-state index is 13.0. The summed E-state index contributed by atoms with van der Waals surface area (Å²) in [5.41, 5.74) is 9.93. The van der Waals surface area contributed by atoms with Crippen molar-refractivity contribution >= 4 is 60.5 Å². The molecule has 0 amide bonds. The number of benzene rings is 6. The van der Waals surface area contributed by atoms with Gasteiger partial charge in [-0.15, -0.1) is 12.8 Å². The van der Waals surface area contributed by atoms with E-state index in [9.17, 15) is 9.59 Å². The molecule has 9 rings (SSSR count). The highest BCUT2D eigenvalue weighted by Crippen LogP contribution is 2.58. The van der Waals surface area contributed by atoms with Crippen LogP contribution in [0.4, 0.5) is 5.69 Å². The average Bonchev–Trinajstić information content (AvgIpc) is 3.61. The van der Waals surface area contributed by atoms with Gasteiger partial charge in [-0.25, -0.2) is 14.2 Å². The Hall–Kier alpha value is -6.30. The minimum Gasteiger partial charge on any atom is -1.00 e. The molecule has 8 nitrogen and oxygen atoms in total. The van der Waals surface area contributed by atoms with Gasteiger partial charge >= 0.3 is 11.9 Å². The first kappa shape index (κ1) is 47.7. The summed E-state index contributed by atoms with van der Waals surface area (Å²) in [4.78, 5) is 27.9. The van der Waals surface area contributed by atoms with Crippen molar-refractivity contribution in [1.29, 1.82) is 0 Å². The van der Waals surface area contributed by atoms with E-state index < -0.39 is 11.6 Å². The molecule has 5 aromatic rings. The van der Waals surface area contributed by atoms with Crippen LogP contribution in [-0.4, -0.2) is 45.2 Å². The van der Waals surface area contributed by atoms with Gasteiger partial charge in [0.15, 0.2) is 5.60 Å². The zero-order valence-electron chi connectivity index (χ0n) is 37.7. The highest BCUT2D eigenvalue weighted by atomic mass is 79.9. The Bertz CT molecular complexity index is 3220. The summed E-state index contributed by atoms with van der Waals surface area (Å²) in [6.07, 6.45) is 11.6. The van der Waals surface area contributed by atoms with Gasteiger partial charge in [0.25, 0.3) is 0 Å². The van der Waals surface area contributed by atoms with Gasteiger partial charge in [0, 0.05) is 68.0 Å². The number of hydrogen-bond donors (Lipinski definition) is 0. The van der Waals surface area contributed by atoms with E-state index in [1.807, 2.05) is 86.6 Å². The molecular formula is C55H47Br2ClN2O6. The van der Waals surface area contributed by atoms with Crippen LogP contribution in [0.25, 0.3) is 33.4 Å². The van der Waals surface area contributed by atoms with Gasteiger partial charge < -0.3 is 35.9 Å². The van der Waals surface area contributed by atoms with Crippen molar-refractivity contribution < 1.29 is 40.6 Å². The van der Waals surface area contributed by atoms with Crippen LogP contribution in [0.3, 0.4) is 0 Å². The summed E-state index contributed by atoms with van der Waals surface area (Å²) in [5, 5.41) is 1.90. The molecule has 1 spiro atoms. The lowest BCUT2D eigenvalue weighted by molar-refractivity contribution is -0.0000702. The van der Waals surface area contributed by atoms with Crippen LogP contribution in [0.15, 0.2) is 110 Å². The zero-order valence-corrected chi connectivity index (χ0v) is 41.6. The molecular weight excluding hydrogens is 980 g/mol. The van der Waals surface area contributed by atoms with Crippen LogP contribution in [-0.2, 0) is 15.1 Å². The van der Waals surface area contributed by atoms with E-state index >= 15 is 0 Å². The molecule has 4 aliphatic rings. The Morgan fingerprint density at radius 2 is 1.38 bits per heavy atom. The van der Waals surface area contributed by atoms with Crippen LogP contribution in [0.2, 0.25) is 0 Å². The van der Waals surface area contributed by atoms with E-state index in [1.165, 1.54) is 7.11 Å². The largest absolute Gasteiger partial charge is 1.00 e. The normalized spacial score (nSPS) is 14.0. The van der Waals surface area contributed by atoms with Gasteiger partial charge in [0.1, 0.15) is 35.9 Å². The number of hydrogen-bond acceptors (Lipinski definition) is 7. The minimum absolute atomic E-state index is 0. The summed E-state index contributed by atoms with van der Waals surface area (Å²) in [5.74, 6) is 6.81. The van der Waals surface area contributed by atoms with Crippen molar-refractivity contribution in [3.63, 3.8) is 0 Å². The summed E-state index contributed by atoms with van der Waals surface area (Å²) in [6, 6.07) is 30.9. The standard InChI is InChI=1S/C28H25BrNO3.C27H22BrNO3.ClH/c1-6-18-14-21-25(13-17(18)4)33-26-16-24(30(7-2)8-3)23(29)15-22(26)27(21)19-11-9-10-12-20(19)28(31)32-5;1-5-17-13-20-24(12-16(17)4)31-25-15-23(29(6-2)7-3)22(28)14-21(25)27(20)19-11-9-8-10-18(19)26(30)32-27;/h1,9-16H,7-8H2,2-5H3;1,8-15H,6-7H2,2-4H3;1H/q+1;;/p-1. The van der Waals surface area contributed by atoms with Crippen LogP contribution in [0.1, 0.15) is 87.4 Å². The quantitative estimate of drug-likeness (QED) is 0.0683. The van der Waals surface area contributed by atoms with Crippen LogP contribution in [0.5, 0.6) is 11.5 Å². The first-order valence-corrected chi connectivity index (χ1v) is 23.1. The Morgan fingerprint density at radius 3 is 2.05 bits per heavy atom. The fourth-order valence-electron chi connectivity index (χ4n) is 9.07. The number of esters is 2. The molecule has 3 aliphatic heterocycles. The third-order valence-corrected chi connectivity index (χ3v) is 13.7. The smallest absolute Gasteiger partial charge is 0.340 e. The number of ether oxygens (including phenoxy) is 3. The van der Waals surface area contributed by atoms with Crippen molar-refractivity contribution in [2.24, 2.45) is 0 Å². The summed E-state index contributed by atoms with van der Waals surface area (Å²) < 4.78 is 28.3. The Balaban J connectivity index is 0.000000193. The van der Waals surface area contributed by atoms with E-state index in [1.54, 1.807) is 12.1 Å². The number of aryl methyl sites for hydroxylation is 2. The van der Waals surface area contributed by atoms with Gasteiger partial charge in [0.05, 0.1) is 34.5 Å². The molecule has 0 bridgehead atoms. The molecule has 1 aliphatic carbocycles. The molecule has 1 atom stereocenters. The molecule has 3 heterocycles. The van der Waals surface area contributed by atoms with E-state index in [0.29, 0.717) is 28.2 Å². The molecule has 0 saturated carbocycles. The van der Waals surface area contributed by atoms with E-state index in [4.69, 9.17) is 31.5 Å². The van der Waals surface area contributed by atoms with Crippen LogP contribution in [0, 0.1) is 38.5 Å². The summed E-state index contributed by atoms with van der Waals surface area (Å²) in [6.45, 7) is 15.9. The van der Waals surface area contributed by atoms with Crippen molar-refractivity contribution in [1.82, 2.24) is 4.58 Å². The van der Waals surface area contributed by atoms with E-state index in [2.05, 4.69) is 93.0 Å². The number of rotatable bonds is 7. The van der Waals surface area contributed by atoms with E-state index in [0.717, 1.165) is 113 Å². The number of terminal acetylenes is 2. The van der Waals surface area contributed by atoms with Gasteiger partial charge in [-0.3, -0.25) is 0 Å². The molecule has 5 aromatic carbocycles. The Morgan fingerprint density at radius 1 is 0.758 bits per heavy atom. The summed E-state index contributed by atoms with van der Waals surface area (Å²) >= 11 is 7.52. The van der Waals surface area contributed by atoms with Crippen molar-refractivity contribution in [3.8, 4) is 58.6 Å². The lowest BCUT2D eigenvalue weighted by Gasteiger charge is -2.38. The van der Waals surface area contributed by atoms with Gasteiger partial charge in [-0.05, 0) is 139 Å². The highest BCUT2D eigenvalue weighted by molar-refractivity contribution is 9.10. The molecule has 11 heteroatoms. The molecule has 0 fully saturated rings. The zero-order chi connectivity index (χ0) is 46.3. The number of anilines is 1. The third kappa shape index (κ3) is 7.96. The Kier molecular flexibility index (Phi) is 13.9. The highest BCUT2D eigenvalue weighted by Gasteiger charge is 2.54. The molecule has 1 unspecified atom stereocenters. The maximum Gasteiger partial charge on any atom is 0.340 e. The number of halogens is 3. The molecule has 0 radical (unpaired) electrons. The lowest BCUT2D eigenvalue weighted by Crippen LogP contribution is -3.00. The fourth-order valence-corrected chi connectivity index (χ4v) is 10.3.